The van der Waals surface area contributed by atoms with Gasteiger partial charge in [0.25, 0.3) is 17.7 Å². The molecule has 1 heterocycles. The van der Waals surface area contributed by atoms with E-state index in [1.165, 1.54) is 18.3 Å². The molecule has 0 unspecified atom stereocenters. The van der Waals surface area contributed by atoms with Crippen molar-refractivity contribution in [1.82, 2.24) is 16.2 Å². The first kappa shape index (κ1) is 17.0. The van der Waals surface area contributed by atoms with Crippen LogP contribution in [0.1, 0.15) is 27.0 Å². The van der Waals surface area contributed by atoms with E-state index in [1.807, 2.05) is 0 Å². The van der Waals surface area contributed by atoms with Gasteiger partial charge in [0.15, 0.2) is 0 Å². The molecule has 8 heteroatoms. The highest BCUT2D eigenvalue weighted by Crippen LogP contribution is 2.09. The Morgan fingerprint density at radius 1 is 1.04 bits per heavy atom. The number of carbonyl (C=O) groups is 3. The fourth-order valence-electron chi connectivity index (χ4n) is 1.64. The van der Waals surface area contributed by atoms with Crippen LogP contribution in [0.2, 0.25) is 5.02 Å². The maximum Gasteiger partial charge on any atom is 0.279 e. The molecule has 0 aliphatic rings. The van der Waals surface area contributed by atoms with Gasteiger partial charge in [-0.2, -0.15) is 0 Å². The topological polar surface area (TPSA) is 87.3 Å². The maximum absolute atomic E-state index is 12.0. The largest absolute Gasteiger partial charge is 0.340 e. The van der Waals surface area contributed by atoms with Crippen molar-refractivity contribution in [2.45, 2.75) is 13.0 Å². The number of hydrogen-bond acceptors (Lipinski definition) is 4. The molecule has 0 saturated heterocycles. The lowest BCUT2D eigenvalue weighted by molar-refractivity contribution is -0.123. The molecular formula is C15H14ClN3O3S. The molecule has 1 atom stereocenters. The summed E-state index contributed by atoms with van der Waals surface area (Å²) in [5, 5.41) is 4.80. The van der Waals surface area contributed by atoms with Crippen LogP contribution in [0.15, 0.2) is 41.8 Å². The molecule has 0 saturated carbocycles. The van der Waals surface area contributed by atoms with Crippen molar-refractivity contribution < 1.29 is 14.4 Å². The summed E-state index contributed by atoms with van der Waals surface area (Å²) in [6.07, 6.45) is 0. The van der Waals surface area contributed by atoms with E-state index in [0.29, 0.717) is 15.5 Å². The second kappa shape index (κ2) is 7.75. The van der Waals surface area contributed by atoms with Gasteiger partial charge in [-0.15, -0.1) is 11.3 Å². The molecule has 0 spiro atoms. The number of hydrazine groups is 1. The first-order valence-electron chi connectivity index (χ1n) is 6.67. The van der Waals surface area contributed by atoms with E-state index in [2.05, 4.69) is 16.2 Å². The van der Waals surface area contributed by atoms with Gasteiger partial charge in [0.05, 0.1) is 4.88 Å². The normalized spacial score (nSPS) is 11.4. The number of amides is 3. The Balaban J connectivity index is 1.83. The highest BCUT2D eigenvalue weighted by molar-refractivity contribution is 7.12. The fraction of sp³-hybridized carbons (Fsp3) is 0.133. The molecule has 2 aromatic rings. The van der Waals surface area contributed by atoms with Gasteiger partial charge in [0.1, 0.15) is 6.04 Å². The summed E-state index contributed by atoms with van der Waals surface area (Å²) >= 11 is 7.01. The van der Waals surface area contributed by atoms with E-state index in [9.17, 15) is 14.4 Å². The third kappa shape index (κ3) is 4.80. The molecule has 1 aromatic carbocycles. The Hall–Kier alpha value is -2.38. The van der Waals surface area contributed by atoms with E-state index >= 15 is 0 Å². The molecule has 2 rings (SSSR count). The summed E-state index contributed by atoms with van der Waals surface area (Å²) in [5.41, 5.74) is 4.94. The van der Waals surface area contributed by atoms with Gasteiger partial charge in [0.2, 0.25) is 0 Å². The molecule has 3 N–H and O–H groups in total. The summed E-state index contributed by atoms with van der Waals surface area (Å²) in [6.45, 7) is 1.51. The van der Waals surface area contributed by atoms with Crippen LogP contribution in [-0.4, -0.2) is 23.8 Å². The molecule has 6 nitrogen and oxygen atoms in total. The van der Waals surface area contributed by atoms with Crippen molar-refractivity contribution in [1.29, 1.82) is 0 Å². The lowest BCUT2D eigenvalue weighted by atomic mass is 10.2. The monoisotopic (exact) mass is 351 g/mol. The van der Waals surface area contributed by atoms with Gasteiger partial charge >= 0.3 is 0 Å². The molecule has 23 heavy (non-hydrogen) atoms. The SMILES string of the molecule is C[C@H](NC(=O)c1ccc(Cl)cc1)C(=O)NNC(=O)c1cccs1. The van der Waals surface area contributed by atoms with E-state index in [0.717, 1.165) is 0 Å². The Bertz CT molecular complexity index is 701. The predicted molar refractivity (Wildman–Crippen MR) is 88.3 cm³/mol. The summed E-state index contributed by atoms with van der Waals surface area (Å²) in [6, 6.07) is 8.84. The number of benzene rings is 1. The second-order valence-electron chi connectivity index (χ2n) is 4.62. The summed E-state index contributed by atoms with van der Waals surface area (Å²) in [7, 11) is 0. The average Bonchev–Trinajstić information content (AvgIpc) is 3.07. The van der Waals surface area contributed by atoms with Crippen molar-refractivity contribution in [2.24, 2.45) is 0 Å². The number of rotatable bonds is 4. The van der Waals surface area contributed by atoms with Crippen LogP contribution in [-0.2, 0) is 4.79 Å². The van der Waals surface area contributed by atoms with E-state index < -0.39 is 23.8 Å². The molecule has 0 radical (unpaired) electrons. The van der Waals surface area contributed by atoms with Crippen molar-refractivity contribution >= 4 is 40.7 Å². The number of hydrogen-bond donors (Lipinski definition) is 3. The first-order valence-corrected chi connectivity index (χ1v) is 7.93. The predicted octanol–water partition coefficient (Wildman–Crippen LogP) is 1.98. The minimum atomic E-state index is -0.818. The standard InChI is InChI=1S/C15H14ClN3O3S/c1-9(17-14(21)10-4-6-11(16)7-5-10)13(20)18-19-15(22)12-3-2-8-23-12/h2-9H,1H3,(H,17,21)(H,18,20)(H,19,22)/t9-/m0/s1. The smallest absolute Gasteiger partial charge is 0.279 e. The van der Waals surface area contributed by atoms with Crippen LogP contribution in [0, 0.1) is 0 Å². The third-order valence-electron chi connectivity index (χ3n) is 2.89. The van der Waals surface area contributed by atoms with Crippen LogP contribution >= 0.6 is 22.9 Å². The molecule has 0 aliphatic heterocycles. The lowest BCUT2D eigenvalue weighted by Gasteiger charge is -2.14. The highest BCUT2D eigenvalue weighted by Gasteiger charge is 2.17. The molecule has 120 valence electrons. The molecule has 0 aliphatic carbocycles. The number of halogens is 1. The molecule has 0 fully saturated rings. The van der Waals surface area contributed by atoms with Gasteiger partial charge in [-0.3, -0.25) is 25.2 Å². The summed E-state index contributed by atoms with van der Waals surface area (Å²) in [4.78, 5) is 36.0. The van der Waals surface area contributed by atoms with Crippen LogP contribution in [0.5, 0.6) is 0 Å². The lowest BCUT2D eigenvalue weighted by Crippen LogP contribution is -2.51. The van der Waals surface area contributed by atoms with E-state index in [1.54, 1.807) is 41.8 Å². The van der Waals surface area contributed by atoms with E-state index in [-0.39, 0.29) is 0 Å². The Labute approximate surface area is 141 Å². The third-order valence-corrected chi connectivity index (χ3v) is 4.01. The summed E-state index contributed by atoms with van der Waals surface area (Å²) < 4.78 is 0. The van der Waals surface area contributed by atoms with Gasteiger partial charge < -0.3 is 5.32 Å². The Morgan fingerprint density at radius 2 is 1.74 bits per heavy atom. The Morgan fingerprint density at radius 3 is 2.35 bits per heavy atom. The van der Waals surface area contributed by atoms with Crippen LogP contribution < -0.4 is 16.2 Å². The van der Waals surface area contributed by atoms with Crippen LogP contribution in [0.3, 0.4) is 0 Å². The van der Waals surface area contributed by atoms with E-state index in [4.69, 9.17) is 11.6 Å². The van der Waals surface area contributed by atoms with Gasteiger partial charge in [-0.1, -0.05) is 17.7 Å². The number of carbonyl (C=O) groups excluding carboxylic acids is 3. The van der Waals surface area contributed by atoms with Gasteiger partial charge in [-0.25, -0.2) is 0 Å². The zero-order chi connectivity index (χ0) is 16.8. The van der Waals surface area contributed by atoms with Crippen molar-refractivity contribution in [3.05, 3.63) is 57.2 Å². The Kier molecular flexibility index (Phi) is 5.72. The van der Waals surface area contributed by atoms with Gasteiger partial charge in [0, 0.05) is 10.6 Å². The average molecular weight is 352 g/mol. The number of thiophene rings is 1. The van der Waals surface area contributed by atoms with Crippen LogP contribution in [0.25, 0.3) is 0 Å². The zero-order valence-electron chi connectivity index (χ0n) is 12.1. The molecule has 3 amide bonds. The number of nitrogens with one attached hydrogen (secondary N) is 3. The molecular weight excluding hydrogens is 338 g/mol. The highest BCUT2D eigenvalue weighted by atomic mass is 35.5. The maximum atomic E-state index is 12.0. The summed E-state index contributed by atoms with van der Waals surface area (Å²) in [5.74, 6) is -1.35. The fourth-order valence-corrected chi connectivity index (χ4v) is 2.39. The minimum absolute atomic E-state index is 0.386. The molecule has 1 aromatic heterocycles. The van der Waals surface area contributed by atoms with Crippen molar-refractivity contribution in [3.63, 3.8) is 0 Å². The zero-order valence-corrected chi connectivity index (χ0v) is 13.7. The minimum Gasteiger partial charge on any atom is -0.340 e. The second-order valence-corrected chi connectivity index (χ2v) is 6.01. The first-order chi connectivity index (χ1) is 11.0. The quantitative estimate of drug-likeness (QED) is 0.736. The van der Waals surface area contributed by atoms with Gasteiger partial charge in [-0.05, 0) is 42.6 Å². The molecule has 0 bridgehead atoms. The van der Waals surface area contributed by atoms with Crippen LogP contribution in [0.4, 0.5) is 0 Å². The van der Waals surface area contributed by atoms with Crippen molar-refractivity contribution in [3.8, 4) is 0 Å². The van der Waals surface area contributed by atoms with Crippen molar-refractivity contribution in [2.75, 3.05) is 0 Å².